The van der Waals surface area contributed by atoms with Crippen molar-refractivity contribution < 1.29 is 13.2 Å². The van der Waals surface area contributed by atoms with Gasteiger partial charge in [-0.1, -0.05) is 59.4 Å². The third-order valence-corrected chi connectivity index (χ3v) is 6.84. The fourth-order valence-electron chi connectivity index (χ4n) is 2.73. The molecule has 2 aromatic carbocycles. The Morgan fingerprint density at radius 2 is 1.97 bits per heavy atom. The number of amides is 1. The summed E-state index contributed by atoms with van der Waals surface area (Å²) < 4.78 is 27.6. The molecule has 1 amide bonds. The fourth-order valence-corrected chi connectivity index (χ4v) is 4.71. The maximum atomic E-state index is 12.5. The lowest BCUT2D eigenvalue weighted by Crippen LogP contribution is -2.37. The Kier molecular flexibility index (Phi) is 7.60. The van der Waals surface area contributed by atoms with Gasteiger partial charge in [-0.3, -0.25) is 10.2 Å². The van der Waals surface area contributed by atoms with E-state index in [4.69, 9.17) is 11.6 Å². The minimum atomic E-state index is -3.67. The first-order chi connectivity index (χ1) is 14.8. The molecule has 11 heteroatoms. The molecular formula is C20H22ClN5O3S2. The van der Waals surface area contributed by atoms with Gasteiger partial charge in [-0.15, -0.1) is 0 Å². The van der Waals surface area contributed by atoms with E-state index in [1.807, 2.05) is 29.7 Å². The van der Waals surface area contributed by atoms with Crippen molar-refractivity contribution in [1.29, 1.82) is 0 Å². The quantitative estimate of drug-likeness (QED) is 0.340. The summed E-state index contributed by atoms with van der Waals surface area (Å²) in [5, 5.41) is 8.45. The van der Waals surface area contributed by atoms with E-state index in [9.17, 15) is 13.2 Å². The number of sulfonamides is 1. The van der Waals surface area contributed by atoms with Gasteiger partial charge >= 0.3 is 0 Å². The molecule has 31 heavy (non-hydrogen) atoms. The number of benzene rings is 2. The molecule has 0 fully saturated rings. The molecule has 0 saturated heterocycles. The molecule has 0 unspecified atom stereocenters. The second kappa shape index (κ2) is 10.2. The zero-order chi connectivity index (χ0) is 22.4. The van der Waals surface area contributed by atoms with Crippen molar-refractivity contribution in [2.24, 2.45) is 5.10 Å². The van der Waals surface area contributed by atoms with E-state index in [2.05, 4.69) is 15.2 Å². The second-order valence-corrected chi connectivity index (χ2v) is 9.61. The first kappa shape index (κ1) is 23.1. The van der Waals surface area contributed by atoms with Crippen LogP contribution in [0.15, 0.2) is 59.0 Å². The van der Waals surface area contributed by atoms with Gasteiger partial charge in [0.05, 0.1) is 17.7 Å². The van der Waals surface area contributed by atoms with E-state index in [1.54, 1.807) is 47.9 Å². The van der Waals surface area contributed by atoms with Crippen molar-refractivity contribution in [3.8, 4) is 0 Å². The number of hydrazine groups is 2. The molecule has 0 spiro atoms. The highest BCUT2D eigenvalue weighted by atomic mass is 35.5. The van der Waals surface area contributed by atoms with Crippen LogP contribution in [0.3, 0.4) is 0 Å². The van der Waals surface area contributed by atoms with Gasteiger partial charge in [0, 0.05) is 34.2 Å². The standard InChI is InChI=1S/C20H22ClN5O3S2/c1-3-12-31(28,29)24-20(27)16-9-5-4-8-15(16)13-22-25(2)26-23-19(14-30-26)17-10-6-7-11-18(17)21/h4-11,13-14,23H,3,12H2,1-2H3,(H,24,27)/b22-13+. The number of hydrogen-bond acceptors (Lipinski definition) is 8. The van der Waals surface area contributed by atoms with Crippen LogP contribution < -0.4 is 10.1 Å². The predicted octanol–water partition coefficient (Wildman–Crippen LogP) is 3.46. The molecule has 1 heterocycles. The van der Waals surface area contributed by atoms with Gasteiger partial charge in [0.15, 0.2) is 0 Å². The number of rotatable bonds is 8. The van der Waals surface area contributed by atoms with E-state index in [-0.39, 0.29) is 11.3 Å². The van der Waals surface area contributed by atoms with E-state index in [0.29, 0.717) is 17.0 Å². The van der Waals surface area contributed by atoms with Crippen LogP contribution in [0.2, 0.25) is 5.02 Å². The Morgan fingerprint density at radius 1 is 1.26 bits per heavy atom. The predicted molar refractivity (Wildman–Crippen MR) is 125 cm³/mol. The Hall–Kier alpha value is -2.53. The van der Waals surface area contributed by atoms with Gasteiger partial charge in [-0.25, -0.2) is 18.3 Å². The lowest BCUT2D eigenvalue weighted by Gasteiger charge is -2.24. The average Bonchev–Trinajstić information content (AvgIpc) is 3.22. The van der Waals surface area contributed by atoms with Crippen LogP contribution in [-0.2, 0) is 10.0 Å². The zero-order valence-electron chi connectivity index (χ0n) is 16.9. The minimum Gasteiger partial charge on any atom is -0.289 e. The van der Waals surface area contributed by atoms with Gasteiger partial charge in [0.2, 0.25) is 10.0 Å². The zero-order valence-corrected chi connectivity index (χ0v) is 19.3. The number of carbonyl (C=O) groups is 1. The van der Waals surface area contributed by atoms with Crippen molar-refractivity contribution >= 4 is 51.4 Å². The summed E-state index contributed by atoms with van der Waals surface area (Å²) in [6.07, 6.45) is 1.91. The Morgan fingerprint density at radius 3 is 2.71 bits per heavy atom. The summed E-state index contributed by atoms with van der Waals surface area (Å²) >= 11 is 7.63. The smallest absolute Gasteiger partial charge is 0.265 e. The van der Waals surface area contributed by atoms with Crippen molar-refractivity contribution in [2.45, 2.75) is 13.3 Å². The highest BCUT2D eigenvalue weighted by molar-refractivity contribution is 8.00. The van der Waals surface area contributed by atoms with Crippen molar-refractivity contribution in [1.82, 2.24) is 19.8 Å². The molecule has 0 bridgehead atoms. The number of hydrogen-bond donors (Lipinski definition) is 2. The number of carbonyl (C=O) groups excluding carboxylic acids is 1. The number of nitrogens with one attached hydrogen (secondary N) is 2. The van der Waals surface area contributed by atoms with E-state index < -0.39 is 15.9 Å². The summed E-state index contributed by atoms with van der Waals surface area (Å²) in [5.41, 5.74) is 5.60. The minimum absolute atomic E-state index is 0.115. The summed E-state index contributed by atoms with van der Waals surface area (Å²) in [4.78, 5) is 12.5. The lowest BCUT2D eigenvalue weighted by molar-refractivity contribution is 0.0862. The summed E-state index contributed by atoms with van der Waals surface area (Å²) in [6.45, 7) is 1.73. The number of hydrazone groups is 1. The van der Waals surface area contributed by atoms with Gasteiger partial charge in [0.1, 0.15) is 0 Å². The molecule has 2 N–H and O–H groups in total. The number of nitrogens with zero attached hydrogens (tertiary/aromatic N) is 3. The van der Waals surface area contributed by atoms with Crippen LogP contribution in [0, 0.1) is 0 Å². The maximum Gasteiger partial charge on any atom is 0.265 e. The Labute approximate surface area is 191 Å². The highest BCUT2D eigenvalue weighted by Gasteiger charge is 2.21. The summed E-state index contributed by atoms with van der Waals surface area (Å²) in [7, 11) is -1.94. The van der Waals surface area contributed by atoms with Crippen LogP contribution in [0.4, 0.5) is 0 Å². The molecule has 1 aliphatic rings. The van der Waals surface area contributed by atoms with Crippen molar-refractivity contribution in [3.05, 3.63) is 75.7 Å². The molecule has 3 rings (SSSR count). The van der Waals surface area contributed by atoms with Crippen molar-refractivity contribution in [3.63, 3.8) is 0 Å². The van der Waals surface area contributed by atoms with Crippen LogP contribution in [0.25, 0.3) is 5.70 Å². The summed E-state index contributed by atoms with van der Waals surface area (Å²) in [5.74, 6) is -0.800. The molecule has 0 atom stereocenters. The molecule has 0 saturated carbocycles. The van der Waals surface area contributed by atoms with E-state index >= 15 is 0 Å². The molecule has 0 aliphatic carbocycles. The third-order valence-electron chi connectivity index (χ3n) is 4.20. The Balaban J connectivity index is 1.69. The van der Waals surface area contributed by atoms with Gasteiger partial charge < -0.3 is 0 Å². The molecule has 0 radical (unpaired) electrons. The first-order valence-electron chi connectivity index (χ1n) is 9.41. The van der Waals surface area contributed by atoms with Crippen LogP contribution >= 0.6 is 23.5 Å². The average molecular weight is 480 g/mol. The highest BCUT2D eigenvalue weighted by Crippen LogP contribution is 2.30. The molecule has 8 nitrogen and oxygen atoms in total. The monoisotopic (exact) mass is 479 g/mol. The van der Waals surface area contributed by atoms with E-state index in [1.165, 1.54) is 18.2 Å². The van der Waals surface area contributed by atoms with E-state index in [0.717, 1.165) is 11.3 Å². The van der Waals surface area contributed by atoms with Gasteiger partial charge in [-0.2, -0.15) is 5.10 Å². The maximum absolute atomic E-state index is 12.5. The topological polar surface area (TPSA) is 94.1 Å². The van der Waals surface area contributed by atoms with Crippen LogP contribution in [-0.4, -0.2) is 43.0 Å². The molecule has 2 aromatic rings. The van der Waals surface area contributed by atoms with Gasteiger partial charge in [-0.05, 0) is 30.5 Å². The SMILES string of the molecule is CCCS(=O)(=O)NC(=O)c1ccccc1/C=N/N(C)N1NC(c2ccccc2Cl)=CS1. The lowest BCUT2D eigenvalue weighted by atomic mass is 10.1. The fraction of sp³-hybridized carbons (Fsp3) is 0.200. The summed E-state index contributed by atoms with van der Waals surface area (Å²) in [6, 6.07) is 14.2. The normalized spacial score (nSPS) is 14.4. The molecule has 164 valence electrons. The molecule has 0 aromatic heterocycles. The molecule has 1 aliphatic heterocycles. The first-order valence-corrected chi connectivity index (χ1v) is 12.3. The molecular weight excluding hydrogens is 458 g/mol. The largest absolute Gasteiger partial charge is 0.289 e. The van der Waals surface area contributed by atoms with Crippen molar-refractivity contribution in [2.75, 3.05) is 12.8 Å². The van der Waals surface area contributed by atoms with Gasteiger partial charge in [0.25, 0.3) is 5.91 Å². The second-order valence-electron chi connectivity index (χ2n) is 6.57. The van der Waals surface area contributed by atoms with Crippen LogP contribution in [0.1, 0.15) is 34.8 Å². The number of halogens is 1. The Bertz CT molecular complexity index is 1120. The third kappa shape index (κ3) is 6.01. The van der Waals surface area contributed by atoms with Crippen LogP contribution in [0.5, 0.6) is 0 Å².